The lowest BCUT2D eigenvalue weighted by molar-refractivity contribution is 0.0659. The fourth-order valence-electron chi connectivity index (χ4n) is 2.67. The van der Waals surface area contributed by atoms with Crippen LogP contribution in [0.15, 0.2) is 28.7 Å². The quantitative estimate of drug-likeness (QED) is 0.903. The maximum atomic E-state index is 6.07. The van der Waals surface area contributed by atoms with E-state index in [0.29, 0.717) is 12.0 Å². The summed E-state index contributed by atoms with van der Waals surface area (Å²) in [6.07, 6.45) is 2.59. The van der Waals surface area contributed by atoms with Gasteiger partial charge in [-0.1, -0.05) is 35.0 Å². The molecule has 1 aliphatic rings. The Balaban J connectivity index is 2.13. The highest BCUT2D eigenvalue weighted by Gasteiger charge is 2.54. The summed E-state index contributed by atoms with van der Waals surface area (Å²) >= 11 is 3.53. The van der Waals surface area contributed by atoms with Crippen molar-refractivity contribution in [3.63, 3.8) is 0 Å². The minimum absolute atomic E-state index is 0.0926. The summed E-state index contributed by atoms with van der Waals surface area (Å²) in [5.74, 6) is 0. The lowest BCUT2D eigenvalue weighted by Gasteiger charge is -2.43. The van der Waals surface area contributed by atoms with E-state index in [4.69, 9.17) is 5.73 Å². The average molecular weight is 311 g/mol. The van der Waals surface area contributed by atoms with E-state index >= 15 is 0 Å². The zero-order valence-electron chi connectivity index (χ0n) is 11.5. The average Bonchev–Trinajstić information content (AvgIpc) is 3.07. The van der Waals surface area contributed by atoms with Gasteiger partial charge in [0.25, 0.3) is 0 Å². The first kappa shape index (κ1) is 14.0. The predicted octanol–water partition coefficient (Wildman–Crippen LogP) is 3.40. The Labute approximate surface area is 119 Å². The highest BCUT2D eigenvalue weighted by molar-refractivity contribution is 9.10. The van der Waals surface area contributed by atoms with Crippen molar-refractivity contribution in [3.05, 3.63) is 34.3 Å². The summed E-state index contributed by atoms with van der Waals surface area (Å²) in [5.41, 5.74) is 7.88. The Morgan fingerprint density at radius 2 is 2.11 bits per heavy atom. The van der Waals surface area contributed by atoms with Crippen LogP contribution in [-0.4, -0.2) is 24.0 Å². The van der Waals surface area contributed by atoms with Gasteiger partial charge in [0.1, 0.15) is 0 Å². The van der Waals surface area contributed by atoms with Crippen molar-refractivity contribution in [2.24, 2.45) is 11.1 Å². The van der Waals surface area contributed by atoms with Crippen LogP contribution < -0.4 is 5.73 Å². The van der Waals surface area contributed by atoms with Gasteiger partial charge in [0.2, 0.25) is 0 Å². The molecule has 2 N–H and O–H groups in total. The van der Waals surface area contributed by atoms with E-state index in [1.807, 2.05) is 0 Å². The number of benzene rings is 1. The van der Waals surface area contributed by atoms with Crippen LogP contribution in [-0.2, 0) is 6.54 Å². The molecule has 1 aromatic rings. The molecule has 18 heavy (non-hydrogen) atoms. The third-order valence-corrected chi connectivity index (χ3v) is 5.34. The summed E-state index contributed by atoms with van der Waals surface area (Å²) in [5, 5.41) is 0. The van der Waals surface area contributed by atoms with Crippen molar-refractivity contribution in [1.82, 2.24) is 4.90 Å². The highest BCUT2D eigenvalue weighted by atomic mass is 79.9. The van der Waals surface area contributed by atoms with Crippen LogP contribution >= 0.6 is 15.9 Å². The fraction of sp³-hybridized carbons (Fsp3) is 0.600. The molecule has 2 rings (SSSR count). The minimum Gasteiger partial charge on any atom is -0.329 e. The van der Waals surface area contributed by atoms with Crippen molar-refractivity contribution in [1.29, 1.82) is 0 Å². The number of likely N-dealkylation sites (N-methyl/N-ethyl adjacent to an activating group) is 1. The second-order valence-electron chi connectivity index (χ2n) is 6.02. The molecule has 100 valence electrons. The Morgan fingerprint density at radius 1 is 1.44 bits per heavy atom. The van der Waals surface area contributed by atoms with E-state index in [1.54, 1.807) is 0 Å². The van der Waals surface area contributed by atoms with Gasteiger partial charge in [0.05, 0.1) is 0 Å². The first-order valence-corrected chi connectivity index (χ1v) is 7.36. The molecule has 0 saturated heterocycles. The van der Waals surface area contributed by atoms with Crippen molar-refractivity contribution in [3.8, 4) is 0 Å². The molecular formula is C15H23BrN2. The lowest BCUT2D eigenvalue weighted by Crippen LogP contribution is -2.55. The van der Waals surface area contributed by atoms with Gasteiger partial charge in [0.15, 0.2) is 0 Å². The topological polar surface area (TPSA) is 29.3 Å². The van der Waals surface area contributed by atoms with Crippen LogP contribution in [0.4, 0.5) is 0 Å². The molecule has 1 fully saturated rings. The molecule has 0 amide bonds. The second-order valence-corrected chi connectivity index (χ2v) is 6.94. The third-order valence-electron chi connectivity index (χ3n) is 4.85. The molecular weight excluding hydrogens is 288 g/mol. The van der Waals surface area contributed by atoms with E-state index in [2.05, 4.69) is 66.0 Å². The first-order chi connectivity index (χ1) is 8.41. The van der Waals surface area contributed by atoms with Crippen molar-refractivity contribution >= 4 is 15.9 Å². The maximum absolute atomic E-state index is 6.07. The van der Waals surface area contributed by atoms with Gasteiger partial charge >= 0.3 is 0 Å². The largest absolute Gasteiger partial charge is 0.329 e. The number of hydrogen-bond acceptors (Lipinski definition) is 2. The molecule has 0 spiro atoms. The van der Waals surface area contributed by atoms with Gasteiger partial charge in [0, 0.05) is 23.1 Å². The summed E-state index contributed by atoms with van der Waals surface area (Å²) in [6, 6.07) is 8.51. The molecule has 0 aromatic heterocycles. The Hall–Kier alpha value is -0.380. The van der Waals surface area contributed by atoms with Gasteiger partial charge in [-0.3, -0.25) is 4.90 Å². The van der Waals surface area contributed by atoms with E-state index in [-0.39, 0.29) is 5.54 Å². The smallest absolute Gasteiger partial charge is 0.0357 e. The second kappa shape index (κ2) is 4.95. The number of halogens is 1. The number of nitrogens with zero attached hydrogens (tertiary/aromatic N) is 1. The summed E-state index contributed by atoms with van der Waals surface area (Å²) in [7, 11) is 2.19. The standard InChI is InChI=1S/C15H23BrN2/c1-14(7-8-14)15(2,11-17)18(3)10-12-5-4-6-13(16)9-12/h4-6,9H,7-8,10-11,17H2,1-3H3. The molecule has 1 unspecified atom stereocenters. The molecule has 1 saturated carbocycles. The van der Waals surface area contributed by atoms with Gasteiger partial charge in [-0.05, 0) is 49.9 Å². The van der Waals surface area contributed by atoms with Crippen LogP contribution in [0.1, 0.15) is 32.3 Å². The fourth-order valence-corrected chi connectivity index (χ4v) is 3.12. The Kier molecular flexibility index (Phi) is 3.86. The monoisotopic (exact) mass is 310 g/mol. The molecule has 2 nitrogen and oxygen atoms in total. The first-order valence-electron chi connectivity index (χ1n) is 6.57. The van der Waals surface area contributed by atoms with Crippen LogP contribution in [0.5, 0.6) is 0 Å². The predicted molar refractivity (Wildman–Crippen MR) is 80.4 cm³/mol. The van der Waals surface area contributed by atoms with Gasteiger partial charge in [-0.2, -0.15) is 0 Å². The van der Waals surface area contributed by atoms with Crippen LogP contribution in [0.3, 0.4) is 0 Å². The molecule has 0 aliphatic heterocycles. The summed E-state index contributed by atoms with van der Waals surface area (Å²) in [6.45, 7) is 6.33. The van der Waals surface area contributed by atoms with Crippen LogP contribution in [0, 0.1) is 5.41 Å². The van der Waals surface area contributed by atoms with Crippen molar-refractivity contribution < 1.29 is 0 Å². The third kappa shape index (κ3) is 2.49. The normalized spacial score (nSPS) is 20.8. The highest BCUT2D eigenvalue weighted by Crippen LogP contribution is 2.55. The van der Waals surface area contributed by atoms with E-state index in [9.17, 15) is 0 Å². The van der Waals surface area contributed by atoms with E-state index in [0.717, 1.165) is 11.0 Å². The summed E-state index contributed by atoms with van der Waals surface area (Å²) < 4.78 is 1.14. The Morgan fingerprint density at radius 3 is 2.61 bits per heavy atom. The number of nitrogens with two attached hydrogens (primary N) is 1. The van der Waals surface area contributed by atoms with Gasteiger partial charge in [-0.15, -0.1) is 0 Å². The molecule has 0 heterocycles. The van der Waals surface area contributed by atoms with Crippen LogP contribution in [0.2, 0.25) is 0 Å². The minimum atomic E-state index is 0.0926. The molecule has 1 aliphatic carbocycles. The summed E-state index contributed by atoms with van der Waals surface area (Å²) in [4.78, 5) is 2.42. The molecule has 0 radical (unpaired) electrons. The van der Waals surface area contributed by atoms with E-state index in [1.165, 1.54) is 18.4 Å². The van der Waals surface area contributed by atoms with Gasteiger partial charge < -0.3 is 5.73 Å². The van der Waals surface area contributed by atoms with Crippen molar-refractivity contribution in [2.45, 2.75) is 38.8 Å². The Bertz CT molecular complexity index is 428. The molecule has 1 atom stereocenters. The SMILES string of the molecule is CN(Cc1cccc(Br)c1)C(C)(CN)C1(C)CC1. The number of hydrogen-bond donors (Lipinski definition) is 1. The van der Waals surface area contributed by atoms with Gasteiger partial charge in [-0.25, -0.2) is 0 Å². The maximum Gasteiger partial charge on any atom is 0.0357 e. The zero-order valence-corrected chi connectivity index (χ0v) is 13.1. The molecule has 0 bridgehead atoms. The zero-order chi connectivity index (χ0) is 13.4. The molecule has 3 heteroatoms. The van der Waals surface area contributed by atoms with E-state index < -0.39 is 0 Å². The lowest BCUT2D eigenvalue weighted by atomic mass is 9.82. The van der Waals surface area contributed by atoms with Crippen LogP contribution in [0.25, 0.3) is 0 Å². The van der Waals surface area contributed by atoms with Crippen molar-refractivity contribution in [2.75, 3.05) is 13.6 Å². The molecule has 1 aromatic carbocycles. The number of rotatable bonds is 5.